The van der Waals surface area contributed by atoms with Crippen molar-refractivity contribution in [1.29, 1.82) is 0 Å². The number of hydrogen-bond donors (Lipinski definition) is 0. The minimum absolute atomic E-state index is 0.109. The van der Waals surface area contributed by atoms with Crippen LogP contribution in [0.2, 0.25) is 0 Å². The SMILES string of the molecule is Cc1ccccc1S(=O)(=O)N1Cc2cc3c(cc2CC1C)OCO3. The summed E-state index contributed by atoms with van der Waals surface area (Å²) in [5.74, 6) is 1.44. The molecule has 0 N–H and O–H groups in total. The highest BCUT2D eigenvalue weighted by atomic mass is 32.2. The molecule has 0 radical (unpaired) electrons. The maximum atomic E-state index is 13.1. The molecule has 0 saturated heterocycles. The predicted octanol–water partition coefficient (Wildman–Crippen LogP) is 2.86. The second-order valence-electron chi connectivity index (χ2n) is 6.34. The number of ether oxygens (including phenoxy) is 2. The molecule has 0 bridgehead atoms. The molecule has 2 aliphatic rings. The summed E-state index contributed by atoms with van der Waals surface area (Å²) in [5, 5.41) is 0. The van der Waals surface area contributed by atoms with Crippen molar-refractivity contribution >= 4 is 10.0 Å². The van der Waals surface area contributed by atoms with Crippen LogP contribution < -0.4 is 9.47 Å². The monoisotopic (exact) mass is 345 g/mol. The molecule has 0 spiro atoms. The lowest BCUT2D eigenvalue weighted by Gasteiger charge is -2.34. The van der Waals surface area contributed by atoms with E-state index in [1.165, 1.54) is 0 Å². The smallest absolute Gasteiger partial charge is 0.243 e. The van der Waals surface area contributed by atoms with Crippen molar-refractivity contribution in [2.45, 2.75) is 37.8 Å². The van der Waals surface area contributed by atoms with E-state index >= 15 is 0 Å². The van der Waals surface area contributed by atoms with Crippen LogP contribution in [0.25, 0.3) is 0 Å². The van der Waals surface area contributed by atoms with E-state index in [1.807, 2.05) is 38.1 Å². The summed E-state index contributed by atoms with van der Waals surface area (Å²) in [6.07, 6.45) is 0.664. The molecule has 24 heavy (non-hydrogen) atoms. The summed E-state index contributed by atoms with van der Waals surface area (Å²) < 4.78 is 38.7. The fourth-order valence-corrected chi connectivity index (χ4v) is 5.24. The summed E-state index contributed by atoms with van der Waals surface area (Å²) in [7, 11) is -3.54. The van der Waals surface area contributed by atoms with Crippen molar-refractivity contribution in [2.75, 3.05) is 6.79 Å². The van der Waals surface area contributed by atoms with Crippen molar-refractivity contribution < 1.29 is 17.9 Å². The normalized spacial score (nSPS) is 20.0. The molecule has 2 heterocycles. The molecule has 0 aromatic heterocycles. The van der Waals surface area contributed by atoms with E-state index in [1.54, 1.807) is 16.4 Å². The Balaban J connectivity index is 1.74. The van der Waals surface area contributed by atoms with Crippen LogP contribution in [0.1, 0.15) is 23.6 Å². The minimum atomic E-state index is -3.54. The van der Waals surface area contributed by atoms with Crippen LogP contribution in [-0.4, -0.2) is 25.6 Å². The van der Waals surface area contributed by atoms with Crippen LogP contribution in [0.15, 0.2) is 41.3 Å². The first-order valence-corrected chi connectivity index (χ1v) is 9.39. The molecule has 2 aromatic rings. The van der Waals surface area contributed by atoms with Gasteiger partial charge in [-0.05, 0) is 55.2 Å². The lowest BCUT2D eigenvalue weighted by atomic mass is 9.96. The zero-order chi connectivity index (χ0) is 16.9. The van der Waals surface area contributed by atoms with Gasteiger partial charge in [0.15, 0.2) is 11.5 Å². The van der Waals surface area contributed by atoms with Gasteiger partial charge in [0.05, 0.1) is 4.90 Å². The average Bonchev–Trinajstić information content (AvgIpc) is 2.99. The van der Waals surface area contributed by atoms with Crippen LogP contribution >= 0.6 is 0 Å². The summed E-state index contributed by atoms with van der Waals surface area (Å²) in [6.45, 7) is 4.35. The maximum absolute atomic E-state index is 13.1. The van der Waals surface area contributed by atoms with E-state index < -0.39 is 10.0 Å². The molecule has 5 nitrogen and oxygen atoms in total. The fourth-order valence-electron chi connectivity index (χ4n) is 3.40. The van der Waals surface area contributed by atoms with Gasteiger partial charge in [-0.2, -0.15) is 4.31 Å². The molecule has 4 rings (SSSR count). The Morgan fingerprint density at radius 2 is 1.75 bits per heavy atom. The maximum Gasteiger partial charge on any atom is 0.243 e. The molecule has 126 valence electrons. The largest absolute Gasteiger partial charge is 0.454 e. The van der Waals surface area contributed by atoms with E-state index in [0.717, 1.165) is 22.4 Å². The highest BCUT2D eigenvalue weighted by Gasteiger charge is 2.35. The van der Waals surface area contributed by atoms with Gasteiger partial charge in [0, 0.05) is 12.6 Å². The molecule has 6 heteroatoms. The molecular formula is C18H19NO4S. The first-order valence-electron chi connectivity index (χ1n) is 7.95. The molecule has 1 atom stereocenters. The van der Waals surface area contributed by atoms with Crippen LogP contribution in [-0.2, 0) is 23.0 Å². The van der Waals surface area contributed by atoms with Gasteiger partial charge < -0.3 is 9.47 Å². The molecule has 0 amide bonds. The summed E-state index contributed by atoms with van der Waals surface area (Å²) in [5.41, 5.74) is 2.87. The fraction of sp³-hybridized carbons (Fsp3) is 0.333. The summed E-state index contributed by atoms with van der Waals surface area (Å²) in [4.78, 5) is 0.376. The van der Waals surface area contributed by atoms with Crippen LogP contribution in [0.4, 0.5) is 0 Å². The number of benzene rings is 2. The number of aryl methyl sites for hydroxylation is 1. The molecule has 2 aliphatic heterocycles. The van der Waals surface area contributed by atoms with E-state index in [0.29, 0.717) is 23.6 Å². The lowest BCUT2D eigenvalue weighted by molar-refractivity contribution is 0.174. The number of sulfonamides is 1. The summed E-state index contributed by atoms with van der Waals surface area (Å²) >= 11 is 0. The van der Waals surface area contributed by atoms with Gasteiger partial charge in [-0.15, -0.1) is 0 Å². The lowest BCUT2D eigenvalue weighted by Crippen LogP contribution is -2.42. The first-order chi connectivity index (χ1) is 11.5. The third-order valence-electron chi connectivity index (χ3n) is 4.71. The topological polar surface area (TPSA) is 55.8 Å². The van der Waals surface area contributed by atoms with E-state index in [4.69, 9.17) is 9.47 Å². The Hall–Kier alpha value is -2.05. The molecule has 0 aliphatic carbocycles. The number of hydrogen-bond acceptors (Lipinski definition) is 4. The van der Waals surface area contributed by atoms with Crippen molar-refractivity contribution in [3.05, 3.63) is 53.1 Å². The van der Waals surface area contributed by atoms with E-state index in [9.17, 15) is 8.42 Å². The second-order valence-corrected chi connectivity index (χ2v) is 8.20. The highest BCUT2D eigenvalue weighted by Crippen LogP contribution is 2.39. The Bertz CT molecular complexity index is 907. The second kappa shape index (κ2) is 5.50. The molecule has 1 unspecified atom stereocenters. The zero-order valence-electron chi connectivity index (χ0n) is 13.7. The predicted molar refractivity (Wildman–Crippen MR) is 89.6 cm³/mol. The standard InChI is InChI=1S/C18H19NO4S/c1-12-5-3-4-6-18(12)24(20,21)19-10-15-9-17-16(22-11-23-17)8-14(15)7-13(19)2/h3-6,8-9,13H,7,10-11H2,1-2H3. The number of nitrogens with zero attached hydrogens (tertiary/aromatic N) is 1. The van der Waals surface area contributed by atoms with E-state index in [2.05, 4.69) is 0 Å². The quantitative estimate of drug-likeness (QED) is 0.840. The third kappa shape index (κ3) is 2.37. The zero-order valence-corrected chi connectivity index (χ0v) is 14.5. The van der Waals surface area contributed by atoms with Crippen LogP contribution in [0, 0.1) is 6.92 Å². The first kappa shape index (κ1) is 15.5. The molecule has 0 saturated carbocycles. The average molecular weight is 345 g/mol. The minimum Gasteiger partial charge on any atom is -0.454 e. The Labute approximate surface area is 141 Å². The van der Waals surface area contributed by atoms with E-state index in [-0.39, 0.29) is 12.8 Å². The van der Waals surface area contributed by atoms with Crippen molar-refractivity contribution in [1.82, 2.24) is 4.31 Å². The van der Waals surface area contributed by atoms with Gasteiger partial charge in [0.1, 0.15) is 0 Å². The van der Waals surface area contributed by atoms with Crippen molar-refractivity contribution in [3.63, 3.8) is 0 Å². The van der Waals surface area contributed by atoms with Gasteiger partial charge in [0.2, 0.25) is 16.8 Å². The Morgan fingerprint density at radius 1 is 1.08 bits per heavy atom. The van der Waals surface area contributed by atoms with Crippen LogP contribution in [0.5, 0.6) is 11.5 Å². The Morgan fingerprint density at radius 3 is 2.46 bits per heavy atom. The number of fused-ring (bicyclic) bond motifs is 2. The highest BCUT2D eigenvalue weighted by molar-refractivity contribution is 7.89. The third-order valence-corrected chi connectivity index (χ3v) is 6.83. The summed E-state index contributed by atoms with van der Waals surface area (Å²) in [6, 6.07) is 10.9. The van der Waals surface area contributed by atoms with Crippen LogP contribution in [0.3, 0.4) is 0 Å². The van der Waals surface area contributed by atoms with Crippen molar-refractivity contribution in [2.24, 2.45) is 0 Å². The molecule has 2 aromatic carbocycles. The van der Waals surface area contributed by atoms with Crippen molar-refractivity contribution in [3.8, 4) is 11.5 Å². The molecular weight excluding hydrogens is 326 g/mol. The van der Waals surface area contributed by atoms with Gasteiger partial charge in [-0.25, -0.2) is 8.42 Å². The van der Waals surface area contributed by atoms with Gasteiger partial charge in [-0.1, -0.05) is 18.2 Å². The Kier molecular flexibility index (Phi) is 3.54. The van der Waals surface area contributed by atoms with Gasteiger partial charge >= 0.3 is 0 Å². The van der Waals surface area contributed by atoms with Gasteiger partial charge in [0.25, 0.3) is 0 Å². The molecule has 0 fully saturated rings. The van der Waals surface area contributed by atoms with Gasteiger partial charge in [-0.3, -0.25) is 0 Å². The number of rotatable bonds is 2.